The van der Waals surface area contributed by atoms with E-state index in [2.05, 4.69) is 25.8 Å². The van der Waals surface area contributed by atoms with Crippen molar-refractivity contribution in [2.75, 3.05) is 12.0 Å². The van der Waals surface area contributed by atoms with E-state index in [0.717, 1.165) is 0 Å². The molecule has 1 aromatic heterocycles. The molecule has 3 N–H and O–H groups in total. The Kier molecular flexibility index (Phi) is 3.98. The molecule has 0 aliphatic carbocycles. The summed E-state index contributed by atoms with van der Waals surface area (Å²) in [5.41, 5.74) is 0. The summed E-state index contributed by atoms with van der Waals surface area (Å²) < 4.78 is 5.27. The first-order valence-corrected chi connectivity index (χ1v) is 5.40. The lowest BCUT2D eigenvalue weighted by Gasteiger charge is -2.07. The average molecular weight is 268 g/mol. The number of aromatic amines is 1. The minimum atomic E-state index is -0.444. The molecule has 18 heavy (non-hydrogen) atoms. The van der Waals surface area contributed by atoms with Gasteiger partial charge in [0.25, 0.3) is 0 Å². The Labute approximate surface area is 108 Å². The van der Waals surface area contributed by atoms with Gasteiger partial charge in [-0.3, -0.25) is 5.32 Å². The maximum absolute atomic E-state index is 11.3. The molecule has 2 rings (SSSR count). The van der Waals surface area contributed by atoms with Crippen LogP contribution < -0.4 is 15.4 Å². The number of rotatable bonds is 4. The summed E-state index contributed by atoms with van der Waals surface area (Å²) in [6.07, 6.45) is 1.29. The van der Waals surface area contributed by atoms with Gasteiger partial charge in [0.2, 0.25) is 5.95 Å². The molecule has 1 heterocycles. The van der Waals surface area contributed by atoms with Gasteiger partial charge in [0, 0.05) is 5.02 Å². The number of nitrogens with zero attached hydrogens (tertiary/aromatic N) is 2. The number of ether oxygens (including phenoxy) is 1. The fourth-order valence-corrected chi connectivity index (χ4v) is 1.26. The molecule has 8 heteroatoms. The number of carbonyl (C=O) groups is 1. The van der Waals surface area contributed by atoms with Crippen LogP contribution in [0.4, 0.5) is 10.7 Å². The Hall–Kier alpha value is -2.28. The van der Waals surface area contributed by atoms with Crippen LogP contribution in [-0.2, 0) is 0 Å². The Balaban J connectivity index is 1.72. The molecule has 0 saturated heterocycles. The first-order valence-electron chi connectivity index (χ1n) is 5.02. The van der Waals surface area contributed by atoms with Crippen LogP contribution in [0.25, 0.3) is 0 Å². The zero-order valence-electron chi connectivity index (χ0n) is 9.18. The van der Waals surface area contributed by atoms with Crippen molar-refractivity contribution < 1.29 is 9.53 Å². The third-order valence-electron chi connectivity index (χ3n) is 1.93. The molecule has 0 aliphatic heterocycles. The monoisotopic (exact) mass is 267 g/mol. The van der Waals surface area contributed by atoms with Crippen molar-refractivity contribution in [1.29, 1.82) is 0 Å². The molecule has 0 saturated carbocycles. The second-order valence-corrected chi connectivity index (χ2v) is 3.64. The van der Waals surface area contributed by atoms with Crippen LogP contribution in [0.2, 0.25) is 5.02 Å². The molecule has 0 aliphatic rings. The lowest BCUT2D eigenvalue weighted by molar-refractivity contribution is 0.234. The van der Waals surface area contributed by atoms with E-state index in [9.17, 15) is 4.79 Å². The molecule has 0 spiro atoms. The standard InChI is InChI=1S/C10H10ClN5O2/c11-7-1-3-8(4-2-7)18-6-13-10(17)15-9-12-5-14-16-9/h1-5H,6H2,(H3,12,13,14,15,16,17). The second-order valence-electron chi connectivity index (χ2n) is 3.21. The maximum atomic E-state index is 11.3. The summed E-state index contributed by atoms with van der Waals surface area (Å²) in [5, 5.41) is 11.6. The van der Waals surface area contributed by atoms with Gasteiger partial charge in [0.15, 0.2) is 6.73 Å². The predicted molar refractivity (Wildman–Crippen MR) is 65.5 cm³/mol. The number of halogens is 1. The maximum Gasteiger partial charge on any atom is 0.324 e. The van der Waals surface area contributed by atoms with Crippen LogP contribution in [0.5, 0.6) is 5.75 Å². The number of aromatic nitrogens is 3. The summed E-state index contributed by atoms with van der Waals surface area (Å²) in [7, 11) is 0. The van der Waals surface area contributed by atoms with E-state index < -0.39 is 6.03 Å². The second kappa shape index (κ2) is 5.87. The molecule has 0 atom stereocenters. The van der Waals surface area contributed by atoms with E-state index in [0.29, 0.717) is 10.8 Å². The van der Waals surface area contributed by atoms with Crippen molar-refractivity contribution in [2.24, 2.45) is 0 Å². The molecule has 2 amide bonds. The van der Waals surface area contributed by atoms with Crippen LogP contribution in [0, 0.1) is 0 Å². The third-order valence-corrected chi connectivity index (χ3v) is 2.18. The quantitative estimate of drug-likeness (QED) is 0.734. The molecule has 0 unspecified atom stereocenters. The Bertz CT molecular complexity index is 499. The summed E-state index contributed by atoms with van der Waals surface area (Å²) in [4.78, 5) is 15.1. The van der Waals surface area contributed by atoms with Gasteiger partial charge in [-0.2, -0.15) is 10.1 Å². The number of anilines is 1. The van der Waals surface area contributed by atoms with Crippen molar-refractivity contribution in [1.82, 2.24) is 20.5 Å². The van der Waals surface area contributed by atoms with E-state index in [1.165, 1.54) is 6.33 Å². The van der Waals surface area contributed by atoms with E-state index >= 15 is 0 Å². The highest BCUT2D eigenvalue weighted by atomic mass is 35.5. The lowest BCUT2D eigenvalue weighted by Crippen LogP contribution is -2.32. The molecule has 94 valence electrons. The fraction of sp³-hybridized carbons (Fsp3) is 0.100. The zero-order chi connectivity index (χ0) is 12.8. The summed E-state index contributed by atoms with van der Waals surface area (Å²) in [6.45, 7) is 0.0294. The number of hydrogen-bond acceptors (Lipinski definition) is 4. The number of urea groups is 1. The third kappa shape index (κ3) is 3.63. The number of amides is 2. The first kappa shape index (κ1) is 12.2. The highest BCUT2D eigenvalue weighted by Crippen LogP contribution is 2.14. The number of hydrogen-bond donors (Lipinski definition) is 3. The van der Waals surface area contributed by atoms with Crippen molar-refractivity contribution in [3.8, 4) is 5.75 Å². The predicted octanol–water partition coefficient (Wildman–Crippen LogP) is 1.62. The van der Waals surface area contributed by atoms with E-state index in [-0.39, 0.29) is 12.7 Å². The van der Waals surface area contributed by atoms with E-state index in [4.69, 9.17) is 16.3 Å². The highest BCUT2D eigenvalue weighted by Gasteiger charge is 2.02. The van der Waals surface area contributed by atoms with Crippen molar-refractivity contribution in [3.63, 3.8) is 0 Å². The van der Waals surface area contributed by atoms with Crippen molar-refractivity contribution in [2.45, 2.75) is 0 Å². The Morgan fingerprint density at radius 1 is 1.39 bits per heavy atom. The largest absolute Gasteiger partial charge is 0.473 e. The minimum absolute atomic E-state index is 0.0294. The molecule has 2 aromatic rings. The topological polar surface area (TPSA) is 91.9 Å². The SMILES string of the molecule is O=C(NCOc1ccc(Cl)cc1)Nc1ncn[nH]1. The van der Waals surface area contributed by atoms with Crippen LogP contribution in [-0.4, -0.2) is 27.9 Å². The van der Waals surface area contributed by atoms with Gasteiger partial charge in [-0.1, -0.05) is 11.6 Å². The van der Waals surface area contributed by atoms with Gasteiger partial charge in [0.05, 0.1) is 0 Å². The van der Waals surface area contributed by atoms with Gasteiger partial charge in [0.1, 0.15) is 12.1 Å². The molecule has 0 radical (unpaired) electrons. The van der Waals surface area contributed by atoms with Crippen LogP contribution in [0.3, 0.4) is 0 Å². The highest BCUT2D eigenvalue weighted by molar-refractivity contribution is 6.30. The number of nitrogens with one attached hydrogen (secondary N) is 3. The van der Waals surface area contributed by atoms with E-state index in [1.54, 1.807) is 24.3 Å². The number of H-pyrrole nitrogens is 1. The molecule has 0 bridgehead atoms. The van der Waals surface area contributed by atoms with E-state index in [1.807, 2.05) is 0 Å². The molecule has 1 aromatic carbocycles. The average Bonchev–Trinajstić information content (AvgIpc) is 2.84. The van der Waals surface area contributed by atoms with Gasteiger partial charge < -0.3 is 10.1 Å². The zero-order valence-corrected chi connectivity index (χ0v) is 9.94. The first-order chi connectivity index (χ1) is 8.74. The molecular weight excluding hydrogens is 258 g/mol. The van der Waals surface area contributed by atoms with Crippen molar-refractivity contribution in [3.05, 3.63) is 35.6 Å². The lowest BCUT2D eigenvalue weighted by atomic mass is 10.3. The Morgan fingerprint density at radius 3 is 2.83 bits per heavy atom. The summed E-state index contributed by atoms with van der Waals surface area (Å²) in [5.74, 6) is 0.873. The van der Waals surface area contributed by atoms with Gasteiger partial charge >= 0.3 is 6.03 Å². The van der Waals surface area contributed by atoms with Gasteiger partial charge in [-0.25, -0.2) is 9.89 Å². The summed E-state index contributed by atoms with van der Waals surface area (Å²) in [6, 6.07) is 6.37. The molecule has 7 nitrogen and oxygen atoms in total. The number of benzene rings is 1. The van der Waals surface area contributed by atoms with Crippen LogP contribution in [0.15, 0.2) is 30.6 Å². The minimum Gasteiger partial charge on any atom is -0.473 e. The van der Waals surface area contributed by atoms with Gasteiger partial charge in [-0.15, -0.1) is 0 Å². The summed E-state index contributed by atoms with van der Waals surface area (Å²) >= 11 is 5.72. The fourth-order valence-electron chi connectivity index (χ4n) is 1.13. The molecule has 0 fully saturated rings. The van der Waals surface area contributed by atoms with Gasteiger partial charge in [-0.05, 0) is 24.3 Å². The smallest absolute Gasteiger partial charge is 0.324 e. The van der Waals surface area contributed by atoms with Crippen molar-refractivity contribution >= 4 is 23.6 Å². The van der Waals surface area contributed by atoms with Crippen LogP contribution >= 0.6 is 11.6 Å². The molecular formula is C10H10ClN5O2. The number of carbonyl (C=O) groups excluding carboxylic acids is 1. The Morgan fingerprint density at radius 2 is 2.17 bits per heavy atom. The van der Waals surface area contributed by atoms with Crippen LogP contribution in [0.1, 0.15) is 0 Å². The normalized spacial score (nSPS) is 9.83.